The summed E-state index contributed by atoms with van der Waals surface area (Å²) in [5.41, 5.74) is -1.62. The van der Waals surface area contributed by atoms with E-state index in [1.807, 2.05) is 19.9 Å². The summed E-state index contributed by atoms with van der Waals surface area (Å²) in [6.07, 6.45) is -3.70. The van der Waals surface area contributed by atoms with Crippen molar-refractivity contribution in [3.63, 3.8) is 0 Å². The molecule has 13 heteroatoms. The second-order valence-corrected chi connectivity index (χ2v) is 11.2. The minimum atomic E-state index is -5.23. The molecule has 4 rings (SSSR count). The predicted octanol–water partition coefficient (Wildman–Crippen LogP) is 2.66. The molecule has 10 nitrogen and oxygen atoms in total. The smallest absolute Gasteiger partial charge is 0.373 e. The van der Waals surface area contributed by atoms with Crippen LogP contribution in [0.5, 0.6) is 0 Å². The highest BCUT2D eigenvalue weighted by atomic mass is 19.4. The van der Waals surface area contributed by atoms with Gasteiger partial charge in [0.25, 0.3) is 0 Å². The lowest BCUT2D eigenvalue weighted by Gasteiger charge is -2.39. The number of nitriles is 1. The van der Waals surface area contributed by atoms with Gasteiger partial charge in [0.2, 0.25) is 11.8 Å². The molecule has 0 spiro atoms. The SMILES string of the molecule is CCOC(C)(C)C(NC(=O)C(F)(F)F)C(=O)N1C[C@H]2[C@@H]([C@H]1C(=O)NC(C#N)c1nncc3ccccc13)C2(C)C. The number of hydrogen-bond donors (Lipinski definition) is 2. The molecule has 40 heavy (non-hydrogen) atoms. The van der Waals surface area contributed by atoms with E-state index in [4.69, 9.17) is 4.74 Å². The molecule has 2 heterocycles. The Bertz CT molecular complexity index is 1370. The number of aromatic nitrogens is 2. The first-order valence-electron chi connectivity index (χ1n) is 12.9. The van der Waals surface area contributed by atoms with E-state index < -0.39 is 47.6 Å². The van der Waals surface area contributed by atoms with Crippen molar-refractivity contribution in [3.8, 4) is 6.07 Å². The monoisotopic (exact) mass is 560 g/mol. The largest absolute Gasteiger partial charge is 0.471 e. The second-order valence-electron chi connectivity index (χ2n) is 11.2. The zero-order valence-electron chi connectivity index (χ0n) is 22.7. The van der Waals surface area contributed by atoms with Crippen LogP contribution in [0.15, 0.2) is 30.5 Å². The summed E-state index contributed by atoms with van der Waals surface area (Å²) in [6, 6.07) is 5.08. The number of piperidine rings is 1. The molecule has 2 aromatic rings. The lowest BCUT2D eigenvalue weighted by Crippen LogP contribution is -2.63. The molecular formula is C27H31F3N6O4. The van der Waals surface area contributed by atoms with Crippen LogP contribution < -0.4 is 10.6 Å². The highest BCUT2D eigenvalue weighted by Gasteiger charge is 2.70. The van der Waals surface area contributed by atoms with Gasteiger partial charge in [0, 0.05) is 23.9 Å². The van der Waals surface area contributed by atoms with Crippen molar-refractivity contribution in [1.29, 1.82) is 5.26 Å². The molecule has 2 unspecified atom stereocenters. The number of carbonyl (C=O) groups excluding carboxylic acids is 3. The summed E-state index contributed by atoms with van der Waals surface area (Å²) >= 11 is 0. The highest BCUT2D eigenvalue weighted by molar-refractivity contribution is 5.95. The molecule has 1 aliphatic carbocycles. The van der Waals surface area contributed by atoms with Crippen molar-refractivity contribution in [2.24, 2.45) is 17.3 Å². The summed E-state index contributed by atoms with van der Waals surface area (Å²) in [5, 5.41) is 23.7. The Morgan fingerprint density at radius 1 is 1.23 bits per heavy atom. The van der Waals surface area contributed by atoms with E-state index in [1.54, 1.807) is 36.5 Å². The minimum absolute atomic E-state index is 0.0663. The van der Waals surface area contributed by atoms with Crippen molar-refractivity contribution in [1.82, 2.24) is 25.7 Å². The Kier molecular flexibility index (Phi) is 7.53. The van der Waals surface area contributed by atoms with Crippen molar-refractivity contribution >= 4 is 28.5 Å². The maximum atomic E-state index is 13.8. The molecule has 3 amide bonds. The Balaban J connectivity index is 1.65. The quantitative estimate of drug-likeness (QED) is 0.506. The summed E-state index contributed by atoms with van der Waals surface area (Å²) in [5.74, 6) is -4.22. The molecule has 2 N–H and O–H groups in total. The van der Waals surface area contributed by atoms with Crippen molar-refractivity contribution in [2.45, 2.75) is 64.5 Å². The van der Waals surface area contributed by atoms with Gasteiger partial charge in [-0.2, -0.15) is 28.6 Å². The fraction of sp³-hybridized carbons (Fsp3) is 0.556. The van der Waals surface area contributed by atoms with Crippen molar-refractivity contribution in [2.75, 3.05) is 13.2 Å². The molecular weight excluding hydrogens is 529 g/mol. The molecule has 0 bridgehead atoms. The molecule has 2 aliphatic rings. The lowest BCUT2D eigenvalue weighted by molar-refractivity contribution is -0.178. The van der Waals surface area contributed by atoms with Gasteiger partial charge >= 0.3 is 12.1 Å². The third kappa shape index (κ3) is 5.20. The molecule has 2 fully saturated rings. The first-order chi connectivity index (χ1) is 18.6. The summed E-state index contributed by atoms with van der Waals surface area (Å²) in [6.45, 7) is 8.45. The van der Waals surface area contributed by atoms with Gasteiger partial charge in [-0.25, -0.2) is 0 Å². The van der Waals surface area contributed by atoms with Gasteiger partial charge in [-0.15, -0.1) is 0 Å². The predicted molar refractivity (Wildman–Crippen MR) is 136 cm³/mol. The van der Waals surface area contributed by atoms with Gasteiger partial charge in [-0.05, 0) is 38.0 Å². The van der Waals surface area contributed by atoms with E-state index in [0.717, 1.165) is 0 Å². The third-order valence-corrected chi connectivity index (χ3v) is 8.04. The van der Waals surface area contributed by atoms with Gasteiger partial charge in [-0.3, -0.25) is 14.4 Å². The number of alkyl halides is 3. The summed E-state index contributed by atoms with van der Waals surface area (Å²) in [4.78, 5) is 40.6. The van der Waals surface area contributed by atoms with Crippen LogP contribution in [0, 0.1) is 28.6 Å². The highest BCUT2D eigenvalue weighted by Crippen LogP contribution is 2.65. The van der Waals surface area contributed by atoms with Crippen LogP contribution in [0.25, 0.3) is 10.8 Å². The summed E-state index contributed by atoms with van der Waals surface area (Å²) < 4.78 is 45.1. The number of rotatable bonds is 8. The lowest BCUT2D eigenvalue weighted by atomic mass is 9.94. The number of carbonyl (C=O) groups is 3. The number of fused-ring (bicyclic) bond motifs is 2. The number of nitrogens with one attached hydrogen (secondary N) is 2. The normalized spacial score (nSPS) is 23.1. The van der Waals surface area contributed by atoms with Crippen molar-refractivity contribution < 1.29 is 32.3 Å². The zero-order chi connectivity index (χ0) is 29.6. The topological polar surface area (TPSA) is 137 Å². The Labute approximate surface area is 229 Å². The first kappa shape index (κ1) is 29.2. The molecule has 1 saturated carbocycles. The van der Waals surface area contributed by atoms with Gasteiger partial charge in [-0.1, -0.05) is 38.1 Å². The average Bonchev–Trinajstić information content (AvgIpc) is 3.21. The average molecular weight is 561 g/mol. The molecule has 0 radical (unpaired) electrons. The van der Waals surface area contributed by atoms with Gasteiger partial charge in [0.15, 0.2) is 6.04 Å². The van der Waals surface area contributed by atoms with Crippen LogP contribution in [-0.4, -0.2) is 69.8 Å². The second kappa shape index (κ2) is 10.3. The number of amides is 3. The van der Waals surface area contributed by atoms with E-state index in [1.165, 1.54) is 24.9 Å². The molecule has 214 valence electrons. The van der Waals surface area contributed by atoms with Crippen molar-refractivity contribution in [3.05, 3.63) is 36.2 Å². The van der Waals surface area contributed by atoms with Crippen LogP contribution in [-0.2, 0) is 19.1 Å². The minimum Gasteiger partial charge on any atom is -0.373 e. The van der Waals surface area contributed by atoms with Crippen LogP contribution in [0.3, 0.4) is 0 Å². The van der Waals surface area contributed by atoms with Crippen LogP contribution in [0.1, 0.15) is 46.4 Å². The molecule has 1 aliphatic heterocycles. The number of ether oxygens (including phenoxy) is 1. The van der Waals surface area contributed by atoms with E-state index in [2.05, 4.69) is 15.5 Å². The number of hydrogen-bond acceptors (Lipinski definition) is 7. The molecule has 1 aromatic heterocycles. The number of benzene rings is 1. The Morgan fingerprint density at radius 2 is 1.90 bits per heavy atom. The first-order valence-corrected chi connectivity index (χ1v) is 12.9. The standard InChI is InChI=1S/C27H31F3N6O4/c1-6-40-26(4,5)21(34-24(39)27(28,29)30)23(38)36-13-16-18(25(16,2)3)20(36)22(37)33-17(11-31)19-15-10-8-7-9-14(15)12-32-35-19/h7-10,12,16-18,20-21H,6,13H2,1-5H3,(H,33,37)(H,34,39)/t16-,17?,18-,20-,21?/m0/s1. The molecule has 1 aromatic carbocycles. The number of likely N-dealkylation sites (tertiary alicyclic amines) is 1. The Morgan fingerprint density at radius 3 is 2.52 bits per heavy atom. The van der Waals surface area contributed by atoms with Crippen LogP contribution >= 0.6 is 0 Å². The van der Waals surface area contributed by atoms with Crippen LogP contribution in [0.4, 0.5) is 13.2 Å². The van der Waals surface area contributed by atoms with E-state index in [0.29, 0.717) is 10.8 Å². The Hall–Kier alpha value is -3.79. The van der Waals surface area contributed by atoms with E-state index >= 15 is 0 Å². The number of halogens is 3. The van der Waals surface area contributed by atoms with Gasteiger partial charge in [0.1, 0.15) is 17.8 Å². The van der Waals surface area contributed by atoms with E-state index in [9.17, 15) is 32.8 Å². The molecule has 5 atom stereocenters. The maximum absolute atomic E-state index is 13.8. The summed E-state index contributed by atoms with van der Waals surface area (Å²) in [7, 11) is 0. The van der Waals surface area contributed by atoms with E-state index in [-0.39, 0.29) is 36.1 Å². The fourth-order valence-electron chi connectivity index (χ4n) is 5.83. The maximum Gasteiger partial charge on any atom is 0.471 e. The number of nitrogens with zero attached hydrogens (tertiary/aromatic N) is 4. The third-order valence-electron chi connectivity index (χ3n) is 8.04. The van der Waals surface area contributed by atoms with Gasteiger partial charge < -0.3 is 20.3 Å². The van der Waals surface area contributed by atoms with Crippen LogP contribution in [0.2, 0.25) is 0 Å². The van der Waals surface area contributed by atoms with Gasteiger partial charge in [0.05, 0.1) is 17.9 Å². The zero-order valence-corrected chi connectivity index (χ0v) is 22.7. The fourth-order valence-corrected chi connectivity index (χ4v) is 5.83. The molecule has 1 saturated heterocycles.